The molecule has 0 atom stereocenters. The van der Waals surface area contributed by atoms with Crippen molar-refractivity contribution in [2.75, 3.05) is 5.32 Å². The number of nitrogens with one attached hydrogen (secondary N) is 1. The van der Waals surface area contributed by atoms with Crippen molar-refractivity contribution in [2.24, 2.45) is 7.05 Å². The maximum atomic E-state index is 13.3. The highest BCUT2D eigenvalue weighted by Crippen LogP contribution is 2.30. The van der Waals surface area contributed by atoms with E-state index < -0.39 is 0 Å². The van der Waals surface area contributed by atoms with Gasteiger partial charge in [0.2, 0.25) is 0 Å². The smallest absolute Gasteiger partial charge is 0.275 e. The van der Waals surface area contributed by atoms with Crippen LogP contribution in [0, 0.1) is 12.7 Å². The minimum absolute atomic E-state index is 0.306. The van der Waals surface area contributed by atoms with E-state index in [-0.39, 0.29) is 11.7 Å². The van der Waals surface area contributed by atoms with Crippen LogP contribution in [0.3, 0.4) is 0 Å². The Labute approximate surface area is 182 Å². The van der Waals surface area contributed by atoms with Crippen LogP contribution in [-0.2, 0) is 7.05 Å². The number of aryl methyl sites for hydroxylation is 2. The molecule has 0 aliphatic heterocycles. The fourth-order valence-corrected chi connectivity index (χ4v) is 3.37. The molecule has 0 unspecified atom stereocenters. The number of pyridine rings is 1. The van der Waals surface area contributed by atoms with Crippen molar-refractivity contribution >= 4 is 17.4 Å². The highest BCUT2D eigenvalue weighted by Gasteiger charge is 2.16. The molecule has 1 N–H and O–H groups in total. The van der Waals surface area contributed by atoms with E-state index in [1.165, 1.54) is 12.1 Å². The van der Waals surface area contributed by atoms with E-state index in [1.54, 1.807) is 39.8 Å². The van der Waals surface area contributed by atoms with Gasteiger partial charge in [-0.25, -0.2) is 13.9 Å². The van der Waals surface area contributed by atoms with Crippen LogP contribution in [0.2, 0.25) is 0 Å². The molecular weight excluding hydrogens is 409 g/mol. The molecule has 0 saturated heterocycles. The van der Waals surface area contributed by atoms with E-state index >= 15 is 0 Å². The van der Waals surface area contributed by atoms with Crippen molar-refractivity contribution in [1.29, 1.82) is 0 Å². The summed E-state index contributed by atoms with van der Waals surface area (Å²) >= 11 is 0. The number of nitrogens with zero attached hydrogens (tertiary/aromatic N) is 6. The van der Waals surface area contributed by atoms with Crippen molar-refractivity contribution in [3.8, 4) is 22.5 Å². The quantitative estimate of drug-likeness (QED) is 0.470. The molecule has 9 heteroatoms. The zero-order valence-electron chi connectivity index (χ0n) is 17.3. The maximum Gasteiger partial charge on any atom is 0.275 e. The van der Waals surface area contributed by atoms with Crippen LogP contribution in [0.4, 0.5) is 10.2 Å². The van der Waals surface area contributed by atoms with Crippen molar-refractivity contribution in [1.82, 2.24) is 29.4 Å². The third-order valence-electron chi connectivity index (χ3n) is 4.93. The van der Waals surface area contributed by atoms with Gasteiger partial charge in [0.25, 0.3) is 5.91 Å². The Morgan fingerprint density at radius 3 is 2.56 bits per heavy atom. The van der Waals surface area contributed by atoms with Gasteiger partial charge in [0.1, 0.15) is 17.2 Å². The molecule has 4 aromatic heterocycles. The first-order valence-electron chi connectivity index (χ1n) is 9.87. The third-order valence-corrected chi connectivity index (χ3v) is 4.93. The van der Waals surface area contributed by atoms with Crippen LogP contribution >= 0.6 is 0 Å². The first-order chi connectivity index (χ1) is 15.5. The summed E-state index contributed by atoms with van der Waals surface area (Å²) in [6.45, 7) is 1.91. The van der Waals surface area contributed by atoms with Gasteiger partial charge in [-0.05, 0) is 55.0 Å². The zero-order chi connectivity index (χ0) is 22.2. The fourth-order valence-electron chi connectivity index (χ4n) is 3.37. The van der Waals surface area contributed by atoms with E-state index in [9.17, 15) is 9.18 Å². The maximum absolute atomic E-state index is 13.3. The van der Waals surface area contributed by atoms with E-state index in [0.717, 1.165) is 16.7 Å². The van der Waals surface area contributed by atoms with Gasteiger partial charge in [0.15, 0.2) is 11.5 Å². The molecule has 4 heterocycles. The summed E-state index contributed by atoms with van der Waals surface area (Å²) in [7, 11) is 1.82. The summed E-state index contributed by atoms with van der Waals surface area (Å²) in [6, 6.07) is 13.3. The first kappa shape index (κ1) is 19.6. The van der Waals surface area contributed by atoms with Crippen LogP contribution in [0.15, 0.2) is 67.1 Å². The zero-order valence-corrected chi connectivity index (χ0v) is 17.3. The van der Waals surface area contributed by atoms with Crippen LogP contribution in [0.25, 0.3) is 28.2 Å². The van der Waals surface area contributed by atoms with Crippen LogP contribution in [0.1, 0.15) is 16.1 Å². The minimum Gasteiger partial charge on any atom is -0.304 e. The second-order valence-corrected chi connectivity index (χ2v) is 7.39. The average molecular weight is 427 g/mol. The van der Waals surface area contributed by atoms with Crippen molar-refractivity contribution < 1.29 is 9.18 Å². The van der Waals surface area contributed by atoms with Gasteiger partial charge in [-0.1, -0.05) is 6.07 Å². The molecule has 5 aromatic rings. The molecule has 32 heavy (non-hydrogen) atoms. The van der Waals surface area contributed by atoms with Gasteiger partial charge in [0.05, 0.1) is 11.9 Å². The van der Waals surface area contributed by atoms with E-state index in [4.69, 9.17) is 0 Å². The number of carbonyl (C=O) groups is 1. The lowest BCUT2D eigenvalue weighted by atomic mass is 10.1. The SMILES string of the molecule is Cc1ccc(C(=O)Nc2cn3nc(-c4cn(C)nc4-c4ccc(F)cc4)ccc3n2)nc1. The number of amides is 1. The Balaban J connectivity index is 1.47. The molecular formula is C23H18FN7O. The average Bonchev–Trinajstić information content (AvgIpc) is 3.36. The monoisotopic (exact) mass is 427 g/mol. The number of rotatable bonds is 4. The molecule has 0 aliphatic carbocycles. The molecule has 0 spiro atoms. The molecule has 0 bridgehead atoms. The van der Waals surface area contributed by atoms with Gasteiger partial charge in [-0.15, -0.1) is 0 Å². The van der Waals surface area contributed by atoms with Gasteiger partial charge in [-0.2, -0.15) is 10.2 Å². The fraction of sp³-hybridized carbons (Fsp3) is 0.0870. The molecule has 5 rings (SSSR count). The van der Waals surface area contributed by atoms with E-state index in [0.29, 0.717) is 28.5 Å². The lowest BCUT2D eigenvalue weighted by Crippen LogP contribution is -2.13. The minimum atomic E-state index is -0.348. The molecule has 1 amide bonds. The predicted molar refractivity (Wildman–Crippen MR) is 118 cm³/mol. The highest BCUT2D eigenvalue weighted by atomic mass is 19.1. The summed E-state index contributed by atoms with van der Waals surface area (Å²) < 4.78 is 16.6. The van der Waals surface area contributed by atoms with E-state index in [1.807, 2.05) is 38.4 Å². The molecule has 0 saturated carbocycles. The summed E-state index contributed by atoms with van der Waals surface area (Å²) in [5, 5.41) is 11.9. The van der Waals surface area contributed by atoms with Crippen molar-refractivity contribution in [2.45, 2.75) is 6.92 Å². The van der Waals surface area contributed by atoms with Crippen molar-refractivity contribution in [3.63, 3.8) is 0 Å². The predicted octanol–water partition coefficient (Wildman–Crippen LogP) is 3.89. The number of aromatic nitrogens is 6. The summed E-state index contributed by atoms with van der Waals surface area (Å²) in [5.74, 6) is -0.286. The lowest BCUT2D eigenvalue weighted by molar-refractivity contribution is 0.102. The standard InChI is InChI=1S/C23H18FN7O/c1-14-3-8-19(25-11-14)23(32)27-20-13-31-21(26-20)10-9-18(28-31)17-12-30(2)29-22(17)15-4-6-16(24)7-5-15/h3-13H,1-2H3,(H,27,32). The second-order valence-electron chi connectivity index (χ2n) is 7.39. The van der Waals surface area contributed by atoms with Crippen LogP contribution in [0.5, 0.6) is 0 Å². The number of fused-ring (bicyclic) bond motifs is 1. The molecule has 1 aromatic carbocycles. The number of benzene rings is 1. The third kappa shape index (κ3) is 3.71. The van der Waals surface area contributed by atoms with Gasteiger partial charge >= 0.3 is 0 Å². The second kappa shape index (κ2) is 7.69. The van der Waals surface area contributed by atoms with Crippen molar-refractivity contribution in [3.05, 3.63) is 84.2 Å². The molecule has 0 aliphatic rings. The Hall–Kier alpha value is -4.40. The Morgan fingerprint density at radius 2 is 1.81 bits per heavy atom. The Kier molecular flexibility index (Phi) is 4.70. The highest BCUT2D eigenvalue weighted by molar-refractivity contribution is 6.02. The number of halogens is 1. The molecule has 0 radical (unpaired) electrons. The number of anilines is 1. The number of hydrogen-bond donors (Lipinski definition) is 1. The number of carbonyl (C=O) groups excluding carboxylic acids is 1. The summed E-state index contributed by atoms with van der Waals surface area (Å²) in [4.78, 5) is 21.0. The Bertz CT molecular complexity index is 1440. The van der Waals surface area contributed by atoms with Crippen LogP contribution < -0.4 is 5.32 Å². The molecule has 158 valence electrons. The van der Waals surface area contributed by atoms with Crippen LogP contribution in [-0.4, -0.2) is 35.3 Å². The molecule has 0 fully saturated rings. The largest absolute Gasteiger partial charge is 0.304 e. The first-order valence-corrected chi connectivity index (χ1v) is 9.87. The lowest BCUT2D eigenvalue weighted by Gasteiger charge is -2.03. The van der Waals surface area contributed by atoms with Gasteiger partial charge < -0.3 is 5.32 Å². The van der Waals surface area contributed by atoms with Gasteiger partial charge in [0, 0.05) is 30.6 Å². The Morgan fingerprint density at radius 1 is 1.00 bits per heavy atom. The summed E-state index contributed by atoms with van der Waals surface area (Å²) in [5.41, 5.74) is 4.80. The van der Waals surface area contributed by atoms with Gasteiger partial charge in [-0.3, -0.25) is 14.5 Å². The number of imidazole rings is 1. The topological polar surface area (TPSA) is 90.0 Å². The molecule has 8 nitrogen and oxygen atoms in total. The summed E-state index contributed by atoms with van der Waals surface area (Å²) in [6.07, 6.45) is 5.13. The van der Waals surface area contributed by atoms with E-state index in [2.05, 4.69) is 25.5 Å². The number of hydrogen-bond acceptors (Lipinski definition) is 5. The normalized spacial score (nSPS) is 11.1.